The Hall–Kier alpha value is -1.73. The van der Waals surface area contributed by atoms with E-state index in [4.69, 9.17) is 6.58 Å². The van der Waals surface area contributed by atoms with Crippen LogP contribution in [0, 0.1) is 13.5 Å². The van der Waals surface area contributed by atoms with E-state index in [-0.39, 0.29) is 5.91 Å². The molecule has 0 aliphatic rings. The molecule has 148 valence electrons. The molecule has 27 heavy (non-hydrogen) atoms. The molecule has 0 fully saturated rings. The third-order valence-corrected chi connectivity index (χ3v) is 4.35. The van der Waals surface area contributed by atoms with Crippen molar-refractivity contribution in [2.24, 2.45) is 0 Å². The van der Waals surface area contributed by atoms with E-state index in [9.17, 15) is 4.79 Å². The first-order chi connectivity index (χ1) is 13.1. The van der Waals surface area contributed by atoms with Crippen molar-refractivity contribution >= 4 is 16.0 Å². The molecular weight excluding hydrogens is 504 g/mol. The summed E-state index contributed by atoms with van der Waals surface area (Å²) in [6, 6.07) is 7.86. The molecule has 3 nitrogen and oxygen atoms in total. The number of carbonyl (C=O) groups excluding carboxylic acids is 1. The van der Waals surface area contributed by atoms with Crippen LogP contribution in [0.4, 0.5) is 5.69 Å². The van der Waals surface area contributed by atoms with Crippen molar-refractivity contribution in [3.8, 4) is 0 Å². The maximum atomic E-state index is 11.8. The van der Waals surface area contributed by atoms with Gasteiger partial charge in [-0.1, -0.05) is 37.1 Å². The van der Waals surface area contributed by atoms with Crippen LogP contribution in [0.2, 0.25) is 0 Å². The molecule has 0 atom stereocenters. The number of allylic oxidation sites excluding steroid dienone is 4. The van der Waals surface area contributed by atoms with Gasteiger partial charge < -0.3 is 17.6 Å². The van der Waals surface area contributed by atoms with Crippen LogP contribution >= 0.6 is 0 Å². The molecule has 0 bridgehead atoms. The van der Waals surface area contributed by atoms with E-state index in [1.165, 1.54) is 25.4 Å². The average molecular weight is 536 g/mol. The van der Waals surface area contributed by atoms with Crippen molar-refractivity contribution in [2.75, 3.05) is 12.4 Å². The molecular formula is C23H32N2OW-2. The molecule has 0 spiro atoms. The first-order valence-electron chi connectivity index (χ1n) is 9.26. The minimum atomic E-state index is 0.0934. The quantitative estimate of drug-likeness (QED) is 0.226. The number of hydrogen-bond donors (Lipinski definition) is 2. The SMILES string of the molecule is C=C(CCCCCCC(=O)Nc1cccc(C[CH2-])c1)NC.[CH-]=C/C=C\[CH]=[W]. The molecule has 0 heterocycles. The molecule has 1 rings (SSSR count). The maximum absolute atomic E-state index is 11.8. The molecule has 0 radical (unpaired) electrons. The van der Waals surface area contributed by atoms with Crippen molar-refractivity contribution in [1.82, 2.24) is 5.32 Å². The summed E-state index contributed by atoms with van der Waals surface area (Å²) in [5.74, 6) is 0.0934. The van der Waals surface area contributed by atoms with Crippen LogP contribution in [-0.4, -0.2) is 17.4 Å². The fraction of sp³-hybridized carbons (Fsp3) is 0.348. The second-order valence-corrected chi connectivity index (χ2v) is 6.96. The Labute approximate surface area is 176 Å². The van der Waals surface area contributed by atoms with Crippen molar-refractivity contribution in [3.63, 3.8) is 0 Å². The third-order valence-electron chi connectivity index (χ3n) is 3.79. The standard InChI is InChI=1S/C18H27N2O.C5H5.W/c1-4-16-11-9-12-17(14-16)20-18(21)13-8-6-5-7-10-15(2)19-3;1-3-5-4-2;/h9,11-12,14,19H,1-2,4-8,10,13H2,3H3,(H,20,21);1-5H;/q2*-1;/b;5-3-;. The van der Waals surface area contributed by atoms with Gasteiger partial charge in [-0.05, 0) is 31.4 Å². The van der Waals surface area contributed by atoms with Gasteiger partial charge in [0.1, 0.15) is 0 Å². The Morgan fingerprint density at radius 1 is 1.22 bits per heavy atom. The first-order valence-corrected chi connectivity index (χ1v) is 11.0. The van der Waals surface area contributed by atoms with Gasteiger partial charge in [0, 0.05) is 24.9 Å². The van der Waals surface area contributed by atoms with E-state index in [2.05, 4.69) is 24.1 Å². The van der Waals surface area contributed by atoms with E-state index in [0.717, 1.165) is 55.5 Å². The van der Waals surface area contributed by atoms with Gasteiger partial charge in [0.15, 0.2) is 0 Å². The Balaban J connectivity index is 0.000000972. The van der Waals surface area contributed by atoms with Gasteiger partial charge in [0.2, 0.25) is 5.91 Å². The molecule has 0 saturated heterocycles. The van der Waals surface area contributed by atoms with Crippen molar-refractivity contribution in [3.05, 3.63) is 73.8 Å². The summed E-state index contributed by atoms with van der Waals surface area (Å²) in [5.41, 5.74) is 3.09. The average Bonchev–Trinajstić information content (AvgIpc) is 2.69. The Morgan fingerprint density at radius 3 is 2.48 bits per heavy atom. The number of carbonyl (C=O) groups is 1. The molecule has 0 aromatic heterocycles. The van der Waals surface area contributed by atoms with Crippen LogP contribution in [0.5, 0.6) is 0 Å². The fourth-order valence-electron chi connectivity index (χ4n) is 2.24. The normalized spacial score (nSPS) is 9.85. The molecule has 0 saturated carbocycles. The summed E-state index contributed by atoms with van der Waals surface area (Å²) in [4.78, 5) is 11.8. The van der Waals surface area contributed by atoms with Gasteiger partial charge in [0.05, 0.1) is 0 Å². The molecule has 2 N–H and O–H groups in total. The molecule has 0 aliphatic heterocycles. The number of amides is 1. The number of rotatable bonds is 12. The van der Waals surface area contributed by atoms with Crippen molar-refractivity contribution in [2.45, 2.75) is 44.9 Å². The number of nitrogens with one attached hydrogen (secondary N) is 2. The van der Waals surface area contributed by atoms with Gasteiger partial charge in [-0.3, -0.25) is 4.79 Å². The van der Waals surface area contributed by atoms with Crippen LogP contribution in [0.3, 0.4) is 0 Å². The summed E-state index contributed by atoms with van der Waals surface area (Å²) >= 11 is 1.45. The second kappa shape index (κ2) is 17.7. The zero-order valence-electron chi connectivity index (χ0n) is 16.4. The van der Waals surface area contributed by atoms with Crippen molar-refractivity contribution < 1.29 is 24.1 Å². The molecule has 4 heteroatoms. The van der Waals surface area contributed by atoms with Crippen LogP contribution < -0.4 is 10.6 Å². The fourth-order valence-corrected chi connectivity index (χ4v) is 2.57. The van der Waals surface area contributed by atoms with E-state index in [0.29, 0.717) is 6.42 Å². The Morgan fingerprint density at radius 2 is 1.93 bits per heavy atom. The summed E-state index contributed by atoms with van der Waals surface area (Å²) in [7, 11) is 1.90. The second-order valence-electron chi connectivity index (χ2n) is 5.98. The summed E-state index contributed by atoms with van der Waals surface area (Å²) in [6.07, 6.45) is 11.9. The van der Waals surface area contributed by atoms with Crippen LogP contribution in [0.1, 0.15) is 44.1 Å². The van der Waals surface area contributed by atoms with Gasteiger partial charge in [0.25, 0.3) is 0 Å². The predicted molar refractivity (Wildman–Crippen MR) is 114 cm³/mol. The van der Waals surface area contributed by atoms with Gasteiger partial charge >= 0.3 is 48.6 Å². The molecule has 0 unspecified atom stereocenters. The van der Waals surface area contributed by atoms with E-state index in [1.807, 2.05) is 41.8 Å². The number of anilines is 1. The van der Waals surface area contributed by atoms with Crippen LogP contribution in [0.15, 0.2) is 54.8 Å². The summed E-state index contributed by atoms with van der Waals surface area (Å²) in [6.45, 7) is 12.7. The van der Waals surface area contributed by atoms with Gasteiger partial charge in [-0.25, -0.2) is 0 Å². The van der Waals surface area contributed by atoms with Gasteiger partial charge in [-0.15, -0.1) is 0 Å². The molecule has 1 aromatic carbocycles. The Bertz CT molecular complexity index is 598. The number of unbranched alkanes of at least 4 members (excludes halogenated alkanes) is 3. The summed E-state index contributed by atoms with van der Waals surface area (Å²) < 4.78 is 2.00. The van der Waals surface area contributed by atoms with Crippen molar-refractivity contribution in [1.29, 1.82) is 0 Å². The predicted octanol–water partition coefficient (Wildman–Crippen LogP) is 4.96. The zero-order chi connectivity index (χ0) is 20.3. The summed E-state index contributed by atoms with van der Waals surface area (Å²) in [5, 5.41) is 5.99. The first kappa shape index (κ1) is 25.3. The zero-order valence-corrected chi connectivity index (χ0v) is 19.3. The molecule has 1 aromatic rings. The van der Waals surface area contributed by atoms with Crippen LogP contribution in [-0.2, 0) is 30.6 Å². The third kappa shape index (κ3) is 15.1. The number of benzene rings is 1. The monoisotopic (exact) mass is 536 g/mol. The molecule has 0 aliphatic carbocycles. The van der Waals surface area contributed by atoms with Crippen LogP contribution in [0.25, 0.3) is 0 Å². The molecule has 1 amide bonds. The van der Waals surface area contributed by atoms with E-state index < -0.39 is 0 Å². The van der Waals surface area contributed by atoms with Gasteiger partial charge in [-0.2, -0.15) is 6.42 Å². The Kier molecular flexibility index (Phi) is 16.5. The topological polar surface area (TPSA) is 41.1 Å². The van der Waals surface area contributed by atoms with E-state index in [1.54, 1.807) is 6.08 Å². The number of hydrogen-bond acceptors (Lipinski definition) is 2. The van der Waals surface area contributed by atoms with E-state index >= 15 is 0 Å². The minimum absolute atomic E-state index is 0.0934.